The number of piperazine rings is 1. The zero-order valence-electron chi connectivity index (χ0n) is 9.30. The lowest BCUT2D eigenvalue weighted by molar-refractivity contribution is -0.124. The molecule has 1 amide bonds. The molecule has 3 aliphatic rings. The van der Waals surface area contributed by atoms with Crippen LogP contribution in [0.25, 0.3) is 0 Å². The highest BCUT2D eigenvalue weighted by Crippen LogP contribution is 2.54. The standard InChI is InChI=1S/C12H20N2O/c15-11-8-14(6-5-13-11)9-12-3-1-10(7-12)2-4-12/h10H,1-9H2,(H,13,15). The topological polar surface area (TPSA) is 32.3 Å². The van der Waals surface area contributed by atoms with E-state index in [0.29, 0.717) is 12.0 Å². The Labute approximate surface area is 91.2 Å². The molecule has 0 aromatic heterocycles. The number of hydrogen-bond acceptors (Lipinski definition) is 2. The fraction of sp³-hybridized carbons (Fsp3) is 0.917. The number of nitrogens with zero attached hydrogens (tertiary/aromatic N) is 1. The van der Waals surface area contributed by atoms with Crippen LogP contribution in [0.2, 0.25) is 0 Å². The molecule has 2 aliphatic carbocycles. The number of amides is 1. The Balaban J connectivity index is 1.62. The van der Waals surface area contributed by atoms with Crippen molar-refractivity contribution in [2.24, 2.45) is 11.3 Å². The van der Waals surface area contributed by atoms with Gasteiger partial charge in [-0.3, -0.25) is 9.69 Å². The summed E-state index contributed by atoms with van der Waals surface area (Å²) in [5.41, 5.74) is 0.599. The summed E-state index contributed by atoms with van der Waals surface area (Å²) < 4.78 is 0. The van der Waals surface area contributed by atoms with E-state index in [1.165, 1.54) is 38.6 Å². The third-order valence-corrected chi connectivity index (χ3v) is 4.56. The molecule has 1 heterocycles. The second-order valence-electron chi connectivity index (χ2n) is 5.71. The van der Waals surface area contributed by atoms with Crippen LogP contribution in [0.1, 0.15) is 32.1 Å². The van der Waals surface area contributed by atoms with Gasteiger partial charge in [-0.25, -0.2) is 0 Å². The van der Waals surface area contributed by atoms with Gasteiger partial charge >= 0.3 is 0 Å². The van der Waals surface area contributed by atoms with Crippen molar-refractivity contribution in [3.8, 4) is 0 Å². The Kier molecular flexibility index (Phi) is 2.23. The minimum Gasteiger partial charge on any atom is -0.354 e. The third-order valence-electron chi connectivity index (χ3n) is 4.56. The highest BCUT2D eigenvalue weighted by Gasteiger charge is 2.45. The monoisotopic (exact) mass is 208 g/mol. The molecular weight excluding hydrogens is 188 g/mol. The van der Waals surface area contributed by atoms with Crippen molar-refractivity contribution in [3.63, 3.8) is 0 Å². The number of carbonyl (C=O) groups excluding carboxylic acids is 1. The van der Waals surface area contributed by atoms with Gasteiger partial charge in [-0.1, -0.05) is 0 Å². The van der Waals surface area contributed by atoms with Gasteiger partial charge in [0.2, 0.25) is 5.91 Å². The van der Waals surface area contributed by atoms with Crippen molar-refractivity contribution in [2.75, 3.05) is 26.2 Å². The Hall–Kier alpha value is -0.570. The van der Waals surface area contributed by atoms with Crippen molar-refractivity contribution < 1.29 is 4.79 Å². The van der Waals surface area contributed by atoms with Crippen LogP contribution in [-0.2, 0) is 4.79 Å². The van der Waals surface area contributed by atoms with Crippen LogP contribution in [0.5, 0.6) is 0 Å². The molecule has 0 radical (unpaired) electrons. The molecule has 3 rings (SSSR count). The summed E-state index contributed by atoms with van der Waals surface area (Å²) in [6, 6.07) is 0. The maximum atomic E-state index is 11.3. The average Bonchev–Trinajstić information content (AvgIpc) is 2.77. The van der Waals surface area contributed by atoms with E-state index >= 15 is 0 Å². The largest absolute Gasteiger partial charge is 0.354 e. The second-order valence-corrected chi connectivity index (χ2v) is 5.71. The van der Waals surface area contributed by atoms with Gasteiger partial charge in [-0.15, -0.1) is 0 Å². The second kappa shape index (κ2) is 3.48. The Morgan fingerprint density at radius 2 is 2.20 bits per heavy atom. The van der Waals surface area contributed by atoms with Crippen molar-refractivity contribution in [1.82, 2.24) is 10.2 Å². The molecule has 1 N–H and O–H groups in total. The molecule has 0 aromatic rings. The van der Waals surface area contributed by atoms with Crippen LogP contribution in [0.3, 0.4) is 0 Å². The van der Waals surface area contributed by atoms with E-state index in [2.05, 4.69) is 10.2 Å². The van der Waals surface area contributed by atoms with E-state index in [1.807, 2.05) is 0 Å². The third kappa shape index (κ3) is 1.78. The normalized spacial score (nSPS) is 40.8. The molecule has 2 saturated carbocycles. The summed E-state index contributed by atoms with van der Waals surface area (Å²) in [4.78, 5) is 13.7. The predicted octanol–water partition coefficient (Wildman–Crippen LogP) is 0.999. The summed E-state index contributed by atoms with van der Waals surface area (Å²) in [6.45, 7) is 3.71. The van der Waals surface area contributed by atoms with Crippen LogP contribution >= 0.6 is 0 Å². The summed E-state index contributed by atoms with van der Waals surface area (Å²) in [6.07, 6.45) is 7.15. The van der Waals surface area contributed by atoms with Gasteiger partial charge in [-0.05, 0) is 43.4 Å². The van der Waals surface area contributed by atoms with Gasteiger partial charge < -0.3 is 5.32 Å². The molecule has 2 bridgehead atoms. The van der Waals surface area contributed by atoms with Crippen molar-refractivity contribution in [1.29, 1.82) is 0 Å². The first-order valence-electron chi connectivity index (χ1n) is 6.25. The summed E-state index contributed by atoms with van der Waals surface area (Å²) in [5, 5.41) is 2.90. The molecule has 3 fully saturated rings. The number of hydrogen-bond donors (Lipinski definition) is 1. The highest BCUT2D eigenvalue weighted by molar-refractivity contribution is 5.78. The van der Waals surface area contributed by atoms with Gasteiger partial charge in [0, 0.05) is 19.6 Å². The fourth-order valence-corrected chi connectivity index (χ4v) is 3.83. The predicted molar refractivity (Wildman–Crippen MR) is 58.5 cm³/mol. The molecule has 0 atom stereocenters. The quantitative estimate of drug-likeness (QED) is 0.734. The van der Waals surface area contributed by atoms with E-state index in [-0.39, 0.29) is 5.91 Å². The fourth-order valence-electron chi connectivity index (χ4n) is 3.83. The van der Waals surface area contributed by atoms with E-state index in [9.17, 15) is 4.79 Å². The van der Waals surface area contributed by atoms with Gasteiger partial charge in [0.05, 0.1) is 6.54 Å². The minimum absolute atomic E-state index is 0.213. The minimum atomic E-state index is 0.213. The molecule has 1 aliphatic heterocycles. The number of nitrogens with one attached hydrogen (secondary N) is 1. The molecule has 0 unspecified atom stereocenters. The lowest BCUT2D eigenvalue weighted by Gasteiger charge is -2.35. The Morgan fingerprint density at radius 1 is 1.40 bits per heavy atom. The molecule has 84 valence electrons. The maximum Gasteiger partial charge on any atom is 0.234 e. The van der Waals surface area contributed by atoms with Crippen LogP contribution in [0.15, 0.2) is 0 Å². The Morgan fingerprint density at radius 3 is 2.80 bits per heavy atom. The van der Waals surface area contributed by atoms with Crippen molar-refractivity contribution in [2.45, 2.75) is 32.1 Å². The first-order chi connectivity index (χ1) is 7.26. The van der Waals surface area contributed by atoms with E-state index in [4.69, 9.17) is 0 Å². The molecule has 3 nitrogen and oxygen atoms in total. The van der Waals surface area contributed by atoms with Crippen LogP contribution < -0.4 is 5.32 Å². The molecule has 0 aromatic carbocycles. The maximum absolute atomic E-state index is 11.3. The van der Waals surface area contributed by atoms with E-state index in [1.54, 1.807) is 0 Å². The molecule has 0 spiro atoms. The summed E-state index contributed by atoms with van der Waals surface area (Å²) in [5.74, 6) is 1.23. The molecular formula is C12H20N2O. The van der Waals surface area contributed by atoms with Gasteiger partial charge in [0.1, 0.15) is 0 Å². The van der Waals surface area contributed by atoms with Gasteiger partial charge in [0.25, 0.3) is 0 Å². The molecule has 1 saturated heterocycles. The highest BCUT2D eigenvalue weighted by atomic mass is 16.2. The van der Waals surface area contributed by atoms with Crippen molar-refractivity contribution in [3.05, 3.63) is 0 Å². The van der Waals surface area contributed by atoms with Gasteiger partial charge in [0.15, 0.2) is 0 Å². The Bertz CT molecular complexity index is 269. The summed E-state index contributed by atoms with van der Waals surface area (Å²) >= 11 is 0. The molecule has 3 heteroatoms. The van der Waals surface area contributed by atoms with Crippen LogP contribution in [0, 0.1) is 11.3 Å². The average molecular weight is 208 g/mol. The number of fused-ring (bicyclic) bond motifs is 2. The van der Waals surface area contributed by atoms with Crippen molar-refractivity contribution >= 4 is 5.91 Å². The van der Waals surface area contributed by atoms with Crippen LogP contribution in [0.4, 0.5) is 0 Å². The zero-order chi connectivity index (χ0) is 10.3. The van der Waals surface area contributed by atoms with Crippen LogP contribution in [-0.4, -0.2) is 37.0 Å². The first-order valence-corrected chi connectivity index (χ1v) is 6.25. The lowest BCUT2D eigenvalue weighted by Crippen LogP contribution is -2.50. The zero-order valence-corrected chi connectivity index (χ0v) is 9.30. The van der Waals surface area contributed by atoms with E-state index < -0.39 is 0 Å². The smallest absolute Gasteiger partial charge is 0.234 e. The molecule has 15 heavy (non-hydrogen) atoms. The lowest BCUT2D eigenvalue weighted by atomic mass is 9.83. The SMILES string of the molecule is O=C1CN(CC23CCC(CC2)C3)CCN1. The van der Waals surface area contributed by atoms with Gasteiger partial charge in [-0.2, -0.15) is 0 Å². The number of carbonyl (C=O) groups is 1. The number of rotatable bonds is 2. The summed E-state index contributed by atoms with van der Waals surface area (Å²) in [7, 11) is 0. The first kappa shape index (κ1) is 9.64. The van der Waals surface area contributed by atoms with E-state index in [0.717, 1.165) is 19.0 Å².